The maximum Gasteiger partial charge on any atom is 0.303 e. The summed E-state index contributed by atoms with van der Waals surface area (Å²) < 4.78 is 19.6. The highest BCUT2D eigenvalue weighted by Gasteiger charge is 2.19. The smallest absolute Gasteiger partial charge is 0.303 e. The molecule has 6 N–H and O–H groups in total. The zero-order chi connectivity index (χ0) is 25.4. The predicted molar refractivity (Wildman–Crippen MR) is 131 cm³/mol. The molecule has 1 amide bonds. The summed E-state index contributed by atoms with van der Waals surface area (Å²) in [5, 5.41) is 22.6. The van der Waals surface area contributed by atoms with Crippen molar-refractivity contribution in [2.45, 2.75) is 12.8 Å². The number of hydrogen-bond acceptors (Lipinski definition) is 6. The van der Waals surface area contributed by atoms with Crippen molar-refractivity contribution < 1.29 is 23.8 Å². The highest BCUT2D eigenvalue weighted by Crippen LogP contribution is 2.24. The second kappa shape index (κ2) is 11.5. The van der Waals surface area contributed by atoms with Crippen LogP contribution in [0, 0.1) is 11.2 Å². The van der Waals surface area contributed by atoms with Crippen molar-refractivity contribution in [2.75, 3.05) is 12.4 Å². The maximum absolute atomic E-state index is 14.3. The first-order valence-corrected chi connectivity index (χ1v) is 10.7. The topological polar surface area (TPSA) is 138 Å². The SMILES string of the molecule is COc1cc(CCC(=O)O)ccc1C(=N)NC(=O)/C(N)=C(/Nc1ccccc1F)c1ccccc1. The lowest BCUT2D eigenvalue weighted by molar-refractivity contribution is -0.137. The number of carboxylic acids is 1. The van der Waals surface area contributed by atoms with Crippen LogP contribution in [0.1, 0.15) is 23.1 Å². The number of methoxy groups -OCH3 is 1. The van der Waals surface area contributed by atoms with Crippen molar-refractivity contribution >= 4 is 29.1 Å². The van der Waals surface area contributed by atoms with Gasteiger partial charge in [-0.3, -0.25) is 15.0 Å². The summed E-state index contributed by atoms with van der Waals surface area (Å²) in [4.78, 5) is 23.8. The second-order valence-corrected chi connectivity index (χ2v) is 7.52. The van der Waals surface area contributed by atoms with Crippen molar-refractivity contribution in [3.63, 3.8) is 0 Å². The molecule has 8 nitrogen and oxygen atoms in total. The standard InChI is InChI=1S/C26H25FN4O4/c1-35-21-15-16(12-14-22(32)33)11-13-18(21)25(29)31-26(34)23(28)24(17-7-3-2-4-8-17)30-20-10-6-5-9-19(20)27/h2-11,13,15,30H,12,14,28H2,1H3,(H,32,33)(H2,29,31,34)/b24-23-. The van der Waals surface area contributed by atoms with E-state index in [9.17, 15) is 14.0 Å². The predicted octanol–water partition coefficient (Wildman–Crippen LogP) is 3.73. The Morgan fingerprint density at radius 3 is 2.40 bits per heavy atom. The van der Waals surface area contributed by atoms with Crippen LogP contribution in [0.2, 0.25) is 0 Å². The first-order valence-electron chi connectivity index (χ1n) is 10.7. The third-order valence-corrected chi connectivity index (χ3v) is 5.11. The number of aryl methyl sites for hydroxylation is 1. The van der Waals surface area contributed by atoms with Gasteiger partial charge >= 0.3 is 5.97 Å². The Morgan fingerprint density at radius 1 is 1.06 bits per heavy atom. The minimum atomic E-state index is -0.923. The van der Waals surface area contributed by atoms with E-state index in [1.165, 1.54) is 19.2 Å². The Morgan fingerprint density at radius 2 is 1.74 bits per heavy atom. The summed E-state index contributed by atoms with van der Waals surface area (Å²) in [5.41, 5.74) is 7.80. The van der Waals surface area contributed by atoms with Gasteiger partial charge in [0.15, 0.2) is 0 Å². The van der Waals surface area contributed by atoms with Gasteiger partial charge < -0.3 is 26.2 Å². The zero-order valence-electron chi connectivity index (χ0n) is 19.0. The highest BCUT2D eigenvalue weighted by molar-refractivity contribution is 6.14. The molecular formula is C26H25FN4O4. The maximum atomic E-state index is 14.3. The Bertz CT molecular complexity index is 1280. The average molecular weight is 477 g/mol. The van der Waals surface area contributed by atoms with Gasteiger partial charge in [-0.1, -0.05) is 48.5 Å². The molecule has 0 saturated carbocycles. The molecule has 35 heavy (non-hydrogen) atoms. The summed E-state index contributed by atoms with van der Waals surface area (Å²) in [6.07, 6.45) is 0.249. The van der Waals surface area contributed by atoms with Crippen LogP contribution in [0.4, 0.5) is 10.1 Å². The highest BCUT2D eigenvalue weighted by atomic mass is 19.1. The van der Waals surface area contributed by atoms with Gasteiger partial charge in [-0.25, -0.2) is 4.39 Å². The van der Waals surface area contributed by atoms with E-state index < -0.39 is 17.7 Å². The minimum Gasteiger partial charge on any atom is -0.496 e. The van der Waals surface area contributed by atoms with E-state index in [1.807, 2.05) is 0 Å². The number of rotatable bonds is 9. The number of nitrogens with two attached hydrogens (primary N) is 1. The first-order chi connectivity index (χ1) is 16.8. The Balaban J connectivity index is 1.88. The van der Waals surface area contributed by atoms with Crippen LogP contribution in [-0.2, 0) is 16.0 Å². The number of carbonyl (C=O) groups excluding carboxylic acids is 1. The number of carbonyl (C=O) groups is 2. The van der Waals surface area contributed by atoms with Crippen LogP contribution < -0.4 is 21.1 Å². The molecule has 0 radical (unpaired) electrons. The van der Waals surface area contributed by atoms with Gasteiger partial charge in [0.2, 0.25) is 0 Å². The van der Waals surface area contributed by atoms with Gasteiger partial charge in [0.1, 0.15) is 23.1 Å². The number of hydrogen-bond donors (Lipinski definition) is 5. The van der Waals surface area contributed by atoms with Crippen LogP contribution in [0.25, 0.3) is 5.70 Å². The number of ether oxygens (including phenoxy) is 1. The third kappa shape index (κ3) is 6.44. The molecular weight excluding hydrogens is 451 g/mol. The number of para-hydroxylation sites is 1. The lowest BCUT2D eigenvalue weighted by atomic mass is 10.0. The van der Waals surface area contributed by atoms with Crippen LogP contribution in [0.3, 0.4) is 0 Å². The molecule has 0 unspecified atom stereocenters. The zero-order valence-corrected chi connectivity index (χ0v) is 19.0. The number of nitrogens with one attached hydrogen (secondary N) is 3. The Labute approximate surface area is 201 Å². The number of benzene rings is 3. The molecule has 9 heteroatoms. The monoisotopic (exact) mass is 476 g/mol. The summed E-state index contributed by atoms with van der Waals surface area (Å²) >= 11 is 0. The van der Waals surface area contributed by atoms with E-state index in [2.05, 4.69) is 10.6 Å². The van der Waals surface area contributed by atoms with Crippen molar-refractivity contribution in [3.8, 4) is 5.75 Å². The number of amidine groups is 1. The second-order valence-electron chi connectivity index (χ2n) is 7.52. The number of carboxylic acid groups (broad SMARTS) is 1. The van der Waals surface area contributed by atoms with Crippen molar-refractivity contribution in [1.82, 2.24) is 5.32 Å². The van der Waals surface area contributed by atoms with Crippen molar-refractivity contribution in [1.29, 1.82) is 5.41 Å². The fourth-order valence-corrected chi connectivity index (χ4v) is 3.31. The van der Waals surface area contributed by atoms with Crippen molar-refractivity contribution in [3.05, 3.63) is 101 Å². The van der Waals surface area contributed by atoms with Gasteiger partial charge in [-0.05, 0) is 36.2 Å². The van der Waals surface area contributed by atoms with Gasteiger partial charge in [0, 0.05) is 12.0 Å². The largest absolute Gasteiger partial charge is 0.496 e. The summed E-state index contributed by atoms with van der Waals surface area (Å²) in [5.74, 6) is -2.18. The van der Waals surface area contributed by atoms with Gasteiger partial charge in [0.05, 0.1) is 24.1 Å². The summed E-state index contributed by atoms with van der Waals surface area (Å²) in [7, 11) is 1.41. The van der Waals surface area contributed by atoms with Gasteiger partial charge in [-0.2, -0.15) is 0 Å². The lowest BCUT2D eigenvalue weighted by Gasteiger charge is -2.17. The van der Waals surface area contributed by atoms with E-state index in [0.29, 0.717) is 23.3 Å². The molecule has 0 aromatic heterocycles. The van der Waals surface area contributed by atoms with E-state index >= 15 is 0 Å². The molecule has 180 valence electrons. The third-order valence-electron chi connectivity index (χ3n) is 5.11. The molecule has 0 aliphatic rings. The lowest BCUT2D eigenvalue weighted by Crippen LogP contribution is -2.35. The van der Waals surface area contributed by atoms with Gasteiger partial charge in [0.25, 0.3) is 5.91 Å². The summed E-state index contributed by atoms with van der Waals surface area (Å²) in [6.45, 7) is 0. The molecule has 0 aliphatic heterocycles. The number of amides is 1. The molecule has 0 heterocycles. The van der Waals surface area contributed by atoms with E-state index in [1.54, 1.807) is 60.7 Å². The Kier molecular flexibility index (Phi) is 8.18. The van der Waals surface area contributed by atoms with E-state index in [4.69, 9.17) is 21.0 Å². The van der Waals surface area contributed by atoms with Gasteiger partial charge in [-0.15, -0.1) is 0 Å². The average Bonchev–Trinajstić information content (AvgIpc) is 2.86. The normalized spacial score (nSPS) is 11.3. The van der Waals surface area contributed by atoms with E-state index in [-0.39, 0.29) is 34.9 Å². The first kappa shape index (κ1) is 25.0. The van der Waals surface area contributed by atoms with Crippen LogP contribution in [-0.4, -0.2) is 29.9 Å². The number of anilines is 1. The van der Waals surface area contributed by atoms with Crippen LogP contribution >= 0.6 is 0 Å². The van der Waals surface area contributed by atoms with E-state index in [0.717, 1.165) is 0 Å². The van der Waals surface area contributed by atoms with Crippen molar-refractivity contribution in [2.24, 2.45) is 5.73 Å². The molecule has 0 fully saturated rings. The van der Waals surface area contributed by atoms with Crippen LogP contribution in [0.5, 0.6) is 5.75 Å². The molecule has 3 aromatic carbocycles. The van der Waals surface area contributed by atoms with Crippen LogP contribution in [0.15, 0.2) is 78.5 Å². The fraction of sp³-hybridized carbons (Fsp3) is 0.115. The number of halogens is 1. The fourth-order valence-electron chi connectivity index (χ4n) is 3.31. The molecule has 3 aromatic rings. The molecule has 0 bridgehead atoms. The minimum absolute atomic E-state index is 0.0463. The molecule has 0 spiro atoms. The molecule has 0 atom stereocenters. The molecule has 0 aliphatic carbocycles. The number of aliphatic carboxylic acids is 1. The Hall–Kier alpha value is -4.66. The molecule has 0 saturated heterocycles. The quantitative estimate of drug-likeness (QED) is 0.181. The molecule has 3 rings (SSSR count). The summed E-state index contributed by atoms with van der Waals surface area (Å²) in [6, 6.07) is 19.6.